The number of hydrogen-bond acceptors (Lipinski definition) is 7. The number of aromatic nitrogens is 1. The molecule has 1 aliphatic rings. The molecular formula is C21H20FN3O5S. The van der Waals surface area contributed by atoms with Gasteiger partial charge in [0.15, 0.2) is 0 Å². The summed E-state index contributed by atoms with van der Waals surface area (Å²) < 4.78 is 51.2. The van der Waals surface area contributed by atoms with Gasteiger partial charge in [-0.05, 0) is 36.4 Å². The molecule has 0 spiro atoms. The number of esters is 1. The molecule has 1 saturated heterocycles. The van der Waals surface area contributed by atoms with Crippen molar-refractivity contribution in [1.29, 1.82) is 0 Å². The van der Waals surface area contributed by atoms with Crippen LogP contribution in [0.25, 0.3) is 11.5 Å². The SMILES string of the molecule is COC(=O)c1nc(-c2ccccc2)oc1S(=O)(=O)N1CCN(c2ccc(F)cc2)CC1. The summed E-state index contributed by atoms with van der Waals surface area (Å²) in [7, 11) is -2.98. The van der Waals surface area contributed by atoms with Gasteiger partial charge < -0.3 is 14.1 Å². The molecule has 1 fully saturated rings. The number of ether oxygens (including phenoxy) is 1. The lowest BCUT2D eigenvalue weighted by Crippen LogP contribution is -2.48. The molecule has 162 valence electrons. The van der Waals surface area contributed by atoms with Crippen molar-refractivity contribution in [3.63, 3.8) is 0 Å². The van der Waals surface area contributed by atoms with Gasteiger partial charge in [0.1, 0.15) is 5.82 Å². The van der Waals surface area contributed by atoms with Gasteiger partial charge in [-0.25, -0.2) is 22.6 Å². The minimum Gasteiger partial charge on any atom is -0.464 e. The van der Waals surface area contributed by atoms with E-state index in [1.807, 2.05) is 4.90 Å². The Kier molecular flexibility index (Phi) is 5.75. The van der Waals surface area contributed by atoms with Crippen LogP contribution in [0.4, 0.5) is 10.1 Å². The highest BCUT2D eigenvalue weighted by Gasteiger charge is 2.37. The van der Waals surface area contributed by atoms with Crippen molar-refractivity contribution in [3.05, 3.63) is 66.1 Å². The molecular weight excluding hydrogens is 425 g/mol. The third kappa shape index (κ3) is 4.17. The van der Waals surface area contributed by atoms with Crippen LogP contribution in [0.1, 0.15) is 10.5 Å². The Hall–Kier alpha value is -3.24. The van der Waals surface area contributed by atoms with E-state index in [0.29, 0.717) is 18.7 Å². The minimum atomic E-state index is -4.13. The van der Waals surface area contributed by atoms with Gasteiger partial charge in [0.05, 0.1) is 7.11 Å². The highest BCUT2D eigenvalue weighted by molar-refractivity contribution is 7.89. The van der Waals surface area contributed by atoms with Crippen LogP contribution in [0, 0.1) is 5.82 Å². The number of sulfonamides is 1. The zero-order valence-corrected chi connectivity index (χ0v) is 17.5. The van der Waals surface area contributed by atoms with Gasteiger partial charge in [0.25, 0.3) is 15.1 Å². The van der Waals surface area contributed by atoms with Crippen molar-refractivity contribution in [2.75, 3.05) is 38.2 Å². The number of piperazine rings is 1. The summed E-state index contributed by atoms with van der Waals surface area (Å²) in [6.45, 7) is 1.14. The average molecular weight is 445 g/mol. The molecule has 0 aliphatic carbocycles. The number of hydrogen-bond donors (Lipinski definition) is 0. The van der Waals surface area contributed by atoms with Crippen molar-refractivity contribution >= 4 is 21.7 Å². The van der Waals surface area contributed by atoms with E-state index in [1.54, 1.807) is 42.5 Å². The maximum Gasteiger partial charge on any atom is 0.361 e. The number of methoxy groups -OCH3 is 1. The zero-order chi connectivity index (χ0) is 22.0. The first-order valence-electron chi connectivity index (χ1n) is 9.55. The number of carbonyl (C=O) groups excluding carboxylic acids is 1. The predicted molar refractivity (Wildman–Crippen MR) is 111 cm³/mol. The molecule has 0 atom stereocenters. The van der Waals surface area contributed by atoms with Crippen molar-refractivity contribution in [3.8, 4) is 11.5 Å². The van der Waals surface area contributed by atoms with E-state index in [1.165, 1.54) is 16.4 Å². The lowest BCUT2D eigenvalue weighted by molar-refractivity contribution is 0.0587. The zero-order valence-electron chi connectivity index (χ0n) is 16.7. The van der Waals surface area contributed by atoms with E-state index >= 15 is 0 Å². The number of rotatable bonds is 5. The standard InChI is InChI=1S/C21H20FN3O5S/c1-29-20(26)18-21(30-19(23-18)15-5-3-2-4-6-15)31(27,28)25-13-11-24(12-14-25)17-9-7-16(22)8-10-17/h2-10H,11-14H2,1H3. The number of oxazole rings is 1. The Bertz CT molecular complexity index is 1170. The van der Waals surface area contributed by atoms with Crippen LogP contribution < -0.4 is 4.90 Å². The molecule has 4 rings (SSSR count). The van der Waals surface area contributed by atoms with Crippen LogP contribution in [0.5, 0.6) is 0 Å². The number of benzene rings is 2. The van der Waals surface area contributed by atoms with Gasteiger partial charge in [-0.15, -0.1) is 0 Å². The summed E-state index contributed by atoms with van der Waals surface area (Å²) >= 11 is 0. The highest BCUT2D eigenvalue weighted by atomic mass is 32.2. The lowest BCUT2D eigenvalue weighted by atomic mass is 10.2. The molecule has 0 bridgehead atoms. The predicted octanol–water partition coefficient (Wildman–Crippen LogP) is 2.78. The molecule has 0 unspecified atom stereocenters. The Morgan fingerprint density at radius 3 is 2.29 bits per heavy atom. The summed E-state index contributed by atoms with van der Waals surface area (Å²) in [4.78, 5) is 18.3. The third-order valence-electron chi connectivity index (χ3n) is 5.00. The second kappa shape index (κ2) is 8.48. The fraction of sp³-hybridized carbons (Fsp3) is 0.238. The van der Waals surface area contributed by atoms with Crippen LogP contribution in [-0.4, -0.2) is 57.0 Å². The third-order valence-corrected chi connectivity index (χ3v) is 6.79. The van der Waals surface area contributed by atoms with Gasteiger partial charge in [-0.3, -0.25) is 0 Å². The molecule has 0 amide bonds. The van der Waals surface area contributed by atoms with Crippen LogP contribution in [-0.2, 0) is 14.8 Å². The fourth-order valence-corrected chi connectivity index (χ4v) is 4.80. The van der Waals surface area contributed by atoms with E-state index in [4.69, 9.17) is 9.15 Å². The largest absolute Gasteiger partial charge is 0.464 e. The van der Waals surface area contributed by atoms with Crippen molar-refractivity contribution in [2.45, 2.75) is 5.09 Å². The molecule has 1 aromatic heterocycles. The fourth-order valence-electron chi connectivity index (χ4n) is 3.37. The smallest absolute Gasteiger partial charge is 0.361 e. The normalized spacial score (nSPS) is 15.1. The number of nitrogens with zero attached hydrogens (tertiary/aromatic N) is 3. The van der Waals surface area contributed by atoms with Gasteiger partial charge in [0, 0.05) is 37.4 Å². The molecule has 2 aromatic carbocycles. The topological polar surface area (TPSA) is 92.9 Å². The van der Waals surface area contributed by atoms with E-state index in [0.717, 1.165) is 12.8 Å². The molecule has 31 heavy (non-hydrogen) atoms. The van der Waals surface area contributed by atoms with Crippen LogP contribution in [0.15, 0.2) is 64.1 Å². The number of halogens is 1. The molecule has 0 saturated carbocycles. The summed E-state index contributed by atoms with van der Waals surface area (Å²) in [5, 5.41) is -0.534. The second-order valence-electron chi connectivity index (χ2n) is 6.88. The molecule has 0 radical (unpaired) electrons. The quantitative estimate of drug-likeness (QED) is 0.558. The van der Waals surface area contributed by atoms with E-state index in [2.05, 4.69) is 4.98 Å². The maximum absolute atomic E-state index is 13.3. The number of carbonyl (C=O) groups is 1. The maximum atomic E-state index is 13.3. The first kappa shape index (κ1) is 21.0. The van der Waals surface area contributed by atoms with Gasteiger partial charge in [-0.1, -0.05) is 18.2 Å². The molecule has 0 N–H and O–H groups in total. The van der Waals surface area contributed by atoms with Gasteiger partial charge >= 0.3 is 5.97 Å². The van der Waals surface area contributed by atoms with Crippen LogP contribution in [0.2, 0.25) is 0 Å². The molecule has 3 aromatic rings. The number of anilines is 1. The molecule has 10 heteroatoms. The Labute approximate surface area is 178 Å². The van der Waals surface area contributed by atoms with E-state index < -0.39 is 21.1 Å². The summed E-state index contributed by atoms with van der Waals surface area (Å²) in [6, 6.07) is 14.7. The van der Waals surface area contributed by atoms with E-state index in [9.17, 15) is 17.6 Å². The first-order chi connectivity index (χ1) is 14.9. The van der Waals surface area contributed by atoms with Crippen LogP contribution >= 0.6 is 0 Å². The summed E-state index contributed by atoms with van der Waals surface area (Å²) in [5.41, 5.74) is 0.956. The molecule has 2 heterocycles. The average Bonchev–Trinajstić information content (AvgIpc) is 3.26. The van der Waals surface area contributed by atoms with Gasteiger partial charge in [-0.2, -0.15) is 4.31 Å². The second-order valence-corrected chi connectivity index (χ2v) is 8.72. The summed E-state index contributed by atoms with van der Waals surface area (Å²) in [6.07, 6.45) is 0. The molecule has 1 aliphatic heterocycles. The Balaban J connectivity index is 1.60. The highest BCUT2D eigenvalue weighted by Crippen LogP contribution is 2.29. The molecule has 8 nitrogen and oxygen atoms in total. The lowest BCUT2D eigenvalue weighted by Gasteiger charge is -2.34. The Morgan fingerprint density at radius 2 is 1.68 bits per heavy atom. The summed E-state index contributed by atoms with van der Waals surface area (Å²) in [5.74, 6) is -1.21. The van der Waals surface area contributed by atoms with Crippen LogP contribution in [0.3, 0.4) is 0 Å². The van der Waals surface area contributed by atoms with Gasteiger partial charge in [0.2, 0.25) is 11.6 Å². The monoisotopic (exact) mass is 445 g/mol. The van der Waals surface area contributed by atoms with Crippen molar-refractivity contribution in [2.24, 2.45) is 0 Å². The minimum absolute atomic E-state index is 0.0181. The van der Waals surface area contributed by atoms with Crippen molar-refractivity contribution in [1.82, 2.24) is 9.29 Å². The first-order valence-corrected chi connectivity index (χ1v) is 11.0. The Morgan fingerprint density at radius 1 is 1.03 bits per heavy atom. The van der Waals surface area contributed by atoms with E-state index in [-0.39, 0.29) is 30.5 Å². The van der Waals surface area contributed by atoms with Crippen molar-refractivity contribution < 1.29 is 26.8 Å².